The number of hydrogen-bond donors (Lipinski definition) is 0. The quantitative estimate of drug-likeness (QED) is 0.500. The molecular weight excluding hydrogens is 300 g/mol. The van der Waals surface area contributed by atoms with Gasteiger partial charge < -0.3 is 0 Å². The van der Waals surface area contributed by atoms with Crippen LogP contribution >= 0.6 is 0 Å². The van der Waals surface area contributed by atoms with Gasteiger partial charge in [0.2, 0.25) is 0 Å². The summed E-state index contributed by atoms with van der Waals surface area (Å²) in [7, 11) is -4.68. The first-order valence-electron chi connectivity index (χ1n) is 6.58. The highest BCUT2D eigenvalue weighted by Crippen LogP contribution is 2.45. The summed E-state index contributed by atoms with van der Waals surface area (Å²) >= 11 is 0. The van der Waals surface area contributed by atoms with E-state index in [2.05, 4.69) is 0 Å². The summed E-state index contributed by atoms with van der Waals surface area (Å²) in [4.78, 5) is -1.60. The normalized spacial score (nSPS) is 14.5. The van der Waals surface area contributed by atoms with Crippen molar-refractivity contribution in [3.8, 4) is 0 Å². The summed E-state index contributed by atoms with van der Waals surface area (Å²) < 4.78 is 54.4. The molecule has 0 unspecified atom stereocenters. The molecule has 114 valence electrons. The van der Waals surface area contributed by atoms with E-state index in [4.69, 9.17) is 0 Å². The standard InChI is InChI=1S/C14H22F4Si2/c1-19(2,3)14(18,20(4,5)6)12-9-7-8-11(10-12)13(15,16)17/h7-10H,1-6H3. The molecule has 0 spiro atoms. The van der Waals surface area contributed by atoms with E-state index in [1.54, 1.807) is 0 Å². The van der Waals surface area contributed by atoms with Crippen LogP contribution in [0.15, 0.2) is 24.3 Å². The predicted molar refractivity (Wildman–Crippen MR) is 80.9 cm³/mol. The molecule has 0 aliphatic heterocycles. The summed E-state index contributed by atoms with van der Waals surface area (Å²) in [5.74, 6) is 0. The topological polar surface area (TPSA) is 0 Å². The summed E-state index contributed by atoms with van der Waals surface area (Å²) in [6.07, 6.45) is -4.43. The van der Waals surface area contributed by atoms with Crippen molar-refractivity contribution in [1.82, 2.24) is 0 Å². The second-order valence-corrected chi connectivity index (χ2v) is 18.1. The number of benzene rings is 1. The fourth-order valence-corrected chi connectivity index (χ4v) is 13.9. The first kappa shape index (κ1) is 17.4. The molecule has 0 N–H and O–H groups in total. The van der Waals surface area contributed by atoms with Crippen molar-refractivity contribution in [2.75, 3.05) is 0 Å². The molecule has 0 aliphatic rings. The van der Waals surface area contributed by atoms with E-state index in [0.29, 0.717) is 0 Å². The van der Waals surface area contributed by atoms with Gasteiger partial charge in [0.25, 0.3) is 0 Å². The van der Waals surface area contributed by atoms with Crippen molar-refractivity contribution in [1.29, 1.82) is 0 Å². The summed E-state index contributed by atoms with van der Waals surface area (Å²) in [5, 5.41) is 0. The summed E-state index contributed by atoms with van der Waals surface area (Å²) in [6, 6.07) is 4.81. The van der Waals surface area contributed by atoms with Gasteiger partial charge in [0.15, 0.2) is 0 Å². The molecule has 0 saturated heterocycles. The van der Waals surface area contributed by atoms with Gasteiger partial charge in [-0.15, -0.1) is 0 Å². The second-order valence-electron chi connectivity index (χ2n) is 7.24. The highest BCUT2D eigenvalue weighted by atomic mass is 28.4. The number of halogens is 4. The van der Waals surface area contributed by atoms with E-state index in [1.807, 2.05) is 39.3 Å². The Balaban J connectivity index is 3.53. The Morgan fingerprint density at radius 3 is 1.50 bits per heavy atom. The molecule has 1 aromatic rings. The van der Waals surface area contributed by atoms with Crippen LogP contribution < -0.4 is 0 Å². The first-order valence-corrected chi connectivity index (χ1v) is 13.6. The molecule has 0 atom stereocenters. The maximum absolute atomic E-state index is 15.9. The smallest absolute Gasteiger partial charge is 0.247 e. The largest absolute Gasteiger partial charge is 0.416 e. The molecule has 0 radical (unpaired) electrons. The molecule has 0 amide bonds. The minimum atomic E-state index is -4.43. The van der Waals surface area contributed by atoms with E-state index >= 15 is 4.39 Å². The third-order valence-corrected chi connectivity index (χ3v) is 12.9. The summed E-state index contributed by atoms with van der Waals surface area (Å²) in [5.41, 5.74) is -0.570. The van der Waals surface area contributed by atoms with Gasteiger partial charge in [-0.1, -0.05) is 51.4 Å². The van der Waals surface area contributed by atoms with Gasteiger partial charge in [-0.05, 0) is 17.7 Å². The fourth-order valence-electron chi connectivity index (χ4n) is 2.90. The van der Waals surface area contributed by atoms with E-state index in [9.17, 15) is 13.2 Å². The Hall–Kier alpha value is -0.626. The molecule has 0 saturated carbocycles. The average Bonchev–Trinajstić information content (AvgIpc) is 2.24. The van der Waals surface area contributed by atoms with Crippen LogP contribution in [-0.2, 0) is 11.1 Å². The van der Waals surface area contributed by atoms with Crippen molar-refractivity contribution in [2.24, 2.45) is 0 Å². The number of rotatable bonds is 3. The maximum Gasteiger partial charge on any atom is 0.416 e. The Morgan fingerprint density at radius 1 is 0.750 bits per heavy atom. The fraction of sp³-hybridized carbons (Fsp3) is 0.571. The van der Waals surface area contributed by atoms with Gasteiger partial charge in [0.1, 0.15) is 4.92 Å². The Kier molecular flexibility index (Phi) is 4.34. The van der Waals surface area contributed by atoms with E-state index < -0.39 is 32.8 Å². The van der Waals surface area contributed by atoms with Crippen LogP contribution in [0.5, 0.6) is 0 Å². The Labute approximate surface area is 120 Å². The molecular formula is C14H22F4Si2. The van der Waals surface area contributed by atoms with Crippen LogP contribution in [0.4, 0.5) is 17.6 Å². The van der Waals surface area contributed by atoms with Crippen molar-refractivity contribution in [3.63, 3.8) is 0 Å². The van der Waals surface area contributed by atoms with E-state index in [-0.39, 0.29) is 5.56 Å². The van der Waals surface area contributed by atoms with Crippen molar-refractivity contribution < 1.29 is 17.6 Å². The van der Waals surface area contributed by atoms with Crippen LogP contribution in [0.3, 0.4) is 0 Å². The minimum absolute atomic E-state index is 0.200. The molecule has 6 heteroatoms. The van der Waals surface area contributed by atoms with Gasteiger partial charge >= 0.3 is 6.18 Å². The second kappa shape index (κ2) is 4.98. The van der Waals surface area contributed by atoms with Crippen LogP contribution in [-0.4, -0.2) is 16.1 Å². The molecule has 1 aromatic carbocycles. The highest BCUT2D eigenvalue weighted by Gasteiger charge is 2.55. The highest BCUT2D eigenvalue weighted by molar-refractivity contribution is 6.97. The maximum atomic E-state index is 15.9. The average molecular weight is 322 g/mol. The van der Waals surface area contributed by atoms with Gasteiger partial charge in [-0.3, -0.25) is 0 Å². The van der Waals surface area contributed by atoms with Gasteiger partial charge in [0, 0.05) is 0 Å². The lowest BCUT2D eigenvalue weighted by Crippen LogP contribution is -2.60. The van der Waals surface area contributed by atoms with Gasteiger partial charge in [0.05, 0.1) is 21.7 Å². The third-order valence-electron chi connectivity index (χ3n) is 3.65. The van der Waals surface area contributed by atoms with Crippen molar-refractivity contribution >= 4 is 16.1 Å². The summed E-state index contributed by atoms with van der Waals surface area (Å²) in [6.45, 7) is 11.3. The zero-order chi connectivity index (χ0) is 16.0. The molecule has 1 rings (SSSR count). The molecule has 0 bridgehead atoms. The number of hydrogen-bond acceptors (Lipinski definition) is 0. The van der Waals surface area contributed by atoms with Crippen LogP contribution in [0.2, 0.25) is 39.3 Å². The van der Waals surface area contributed by atoms with Crippen molar-refractivity contribution in [3.05, 3.63) is 35.4 Å². The Bertz CT molecular complexity index is 467. The van der Waals surface area contributed by atoms with Crippen LogP contribution in [0, 0.1) is 0 Å². The SMILES string of the molecule is C[Si](C)(C)C(F)(c1cccc(C(F)(F)F)c1)[Si](C)(C)C. The van der Waals surface area contributed by atoms with Gasteiger partial charge in [-0.25, -0.2) is 4.39 Å². The van der Waals surface area contributed by atoms with Crippen LogP contribution in [0.1, 0.15) is 11.1 Å². The van der Waals surface area contributed by atoms with Crippen molar-refractivity contribution in [2.45, 2.75) is 50.4 Å². The third kappa shape index (κ3) is 3.00. The number of alkyl halides is 4. The molecule has 0 aromatic heterocycles. The lowest BCUT2D eigenvalue weighted by Gasteiger charge is -2.45. The van der Waals surface area contributed by atoms with E-state index in [0.717, 1.165) is 12.1 Å². The molecule has 0 aliphatic carbocycles. The zero-order valence-electron chi connectivity index (χ0n) is 12.8. The molecule has 0 fully saturated rings. The lowest BCUT2D eigenvalue weighted by atomic mass is 10.1. The zero-order valence-corrected chi connectivity index (χ0v) is 14.8. The monoisotopic (exact) mass is 322 g/mol. The molecule has 0 heterocycles. The Morgan fingerprint density at radius 2 is 1.15 bits per heavy atom. The van der Waals surface area contributed by atoms with Crippen LogP contribution in [0.25, 0.3) is 0 Å². The van der Waals surface area contributed by atoms with Gasteiger partial charge in [-0.2, -0.15) is 13.2 Å². The molecule has 20 heavy (non-hydrogen) atoms. The van der Waals surface area contributed by atoms with E-state index in [1.165, 1.54) is 12.1 Å². The molecule has 0 nitrogen and oxygen atoms in total. The first-order chi connectivity index (χ1) is 8.71. The predicted octanol–water partition coefficient (Wildman–Crippen LogP) is 5.63. The lowest BCUT2D eigenvalue weighted by molar-refractivity contribution is -0.137. The minimum Gasteiger partial charge on any atom is -0.247 e.